The van der Waals surface area contributed by atoms with Crippen molar-refractivity contribution < 1.29 is 13.2 Å². The van der Waals surface area contributed by atoms with Crippen LogP contribution in [0.15, 0.2) is 71.6 Å². The van der Waals surface area contributed by atoms with E-state index in [0.717, 1.165) is 27.4 Å². The van der Waals surface area contributed by atoms with E-state index in [1.807, 2.05) is 32.9 Å². The largest absolute Gasteiger partial charge is 0.324 e. The van der Waals surface area contributed by atoms with Crippen molar-refractivity contribution in [3.63, 3.8) is 0 Å². The molecule has 1 amide bonds. The van der Waals surface area contributed by atoms with Crippen LogP contribution in [0.25, 0.3) is 0 Å². The molecule has 0 aliphatic rings. The Morgan fingerprint density at radius 1 is 0.968 bits per heavy atom. The first-order valence-electron chi connectivity index (χ1n) is 9.95. The first-order chi connectivity index (χ1) is 14.7. The van der Waals surface area contributed by atoms with Gasteiger partial charge in [-0.05, 0) is 73.9 Å². The number of nitrogens with zero attached hydrogens (tertiary/aromatic N) is 1. The number of rotatable bonds is 7. The molecular formula is C24H25ClN2O3S. The highest BCUT2D eigenvalue weighted by atomic mass is 35.5. The van der Waals surface area contributed by atoms with Crippen molar-refractivity contribution in [2.24, 2.45) is 0 Å². The molecule has 0 atom stereocenters. The maximum Gasteiger partial charge on any atom is 0.264 e. The van der Waals surface area contributed by atoms with Crippen molar-refractivity contribution in [2.45, 2.75) is 32.1 Å². The molecule has 3 aromatic rings. The molecule has 0 aliphatic heterocycles. The number of hydrogen-bond donors (Lipinski definition) is 1. The second-order valence-electron chi connectivity index (χ2n) is 7.35. The van der Waals surface area contributed by atoms with E-state index >= 15 is 0 Å². The van der Waals surface area contributed by atoms with Gasteiger partial charge in [-0.15, -0.1) is 0 Å². The van der Waals surface area contributed by atoms with Crippen molar-refractivity contribution in [2.75, 3.05) is 16.2 Å². The maximum atomic E-state index is 13.4. The highest BCUT2D eigenvalue weighted by Crippen LogP contribution is 2.25. The van der Waals surface area contributed by atoms with Gasteiger partial charge in [0.1, 0.15) is 6.54 Å². The standard InChI is InChI=1S/C24H25ClN2O3S/c1-4-19-7-10-21(11-8-19)27(31(29,30)22-12-5-17(2)6-13-22)16-24(28)26-23-14-9-20(25)15-18(23)3/h5-15H,4,16H2,1-3H3,(H,26,28). The molecule has 0 heterocycles. The molecule has 31 heavy (non-hydrogen) atoms. The molecule has 5 nitrogen and oxygen atoms in total. The molecule has 0 spiro atoms. The number of carbonyl (C=O) groups excluding carboxylic acids is 1. The minimum Gasteiger partial charge on any atom is -0.324 e. The van der Waals surface area contributed by atoms with E-state index in [9.17, 15) is 13.2 Å². The van der Waals surface area contributed by atoms with Crippen LogP contribution in [0.5, 0.6) is 0 Å². The van der Waals surface area contributed by atoms with Crippen LogP contribution < -0.4 is 9.62 Å². The van der Waals surface area contributed by atoms with Gasteiger partial charge in [-0.1, -0.05) is 48.4 Å². The van der Waals surface area contributed by atoms with E-state index in [4.69, 9.17) is 11.6 Å². The molecule has 7 heteroatoms. The normalized spacial score (nSPS) is 11.2. The number of hydrogen-bond acceptors (Lipinski definition) is 3. The van der Waals surface area contributed by atoms with E-state index in [-0.39, 0.29) is 11.4 Å². The van der Waals surface area contributed by atoms with Crippen LogP contribution in [0.3, 0.4) is 0 Å². The number of sulfonamides is 1. The van der Waals surface area contributed by atoms with Crippen LogP contribution in [-0.2, 0) is 21.2 Å². The molecule has 3 aromatic carbocycles. The number of nitrogens with one attached hydrogen (secondary N) is 1. The lowest BCUT2D eigenvalue weighted by Gasteiger charge is -2.24. The summed E-state index contributed by atoms with van der Waals surface area (Å²) in [5, 5.41) is 3.35. The van der Waals surface area contributed by atoms with E-state index in [2.05, 4.69) is 5.32 Å². The third-order valence-electron chi connectivity index (χ3n) is 4.99. The summed E-state index contributed by atoms with van der Waals surface area (Å²) in [4.78, 5) is 13.0. The van der Waals surface area contributed by atoms with Gasteiger partial charge in [-0.2, -0.15) is 0 Å². The number of aryl methyl sites for hydroxylation is 3. The Balaban J connectivity index is 1.94. The van der Waals surface area contributed by atoms with E-state index in [0.29, 0.717) is 16.4 Å². The first kappa shape index (κ1) is 22.8. The molecule has 0 saturated heterocycles. The molecule has 0 saturated carbocycles. The molecule has 162 valence electrons. The lowest BCUT2D eigenvalue weighted by molar-refractivity contribution is -0.114. The van der Waals surface area contributed by atoms with Gasteiger partial charge in [0.25, 0.3) is 10.0 Å². The number of halogens is 1. The Labute approximate surface area is 188 Å². The quantitative estimate of drug-likeness (QED) is 0.520. The SMILES string of the molecule is CCc1ccc(N(CC(=O)Nc2ccc(Cl)cc2C)S(=O)(=O)c2ccc(C)cc2)cc1. The summed E-state index contributed by atoms with van der Waals surface area (Å²) < 4.78 is 28.0. The fourth-order valence-electron chi connectivity index (χ4n) is 3.14. The second-order valence-corrected chi connectivity index (χ2v) is 9.65. The zero-order chi connectivity index (χ0) is 22.6. The highest BCUT2D eigenvalue weighted by Gasteiger charge is 2.27. The second kappa shape index (κ2) is 9.54. The molecule has 0 aromatic heterocycles. The van der Waals surface area contributed by atoms with Crippen LogP contribution in [0.1, 0.15) is 23.6 Å². The third-order valence-corrected chi connectivity index (χ3v) is 7.01. The van der Waals surface area contributed by atoms with Gasteiger partial charge in [0, 0.05) is 10.7 Å². The Bertz CT molecular complexity index is 1170. The van der Waals surface area contributed by atoms with Crippen LogP contribution >= 0.6 is 11.6 Å². The summed E-state index contributed by atoms with van der Waals surface area (Å²) in [6, 6.07) is 18.9. The summed E-state index contributed by atoms with van der Waals surface area (Å²) >= 11 is 5.98. The molecular weight excluding hydrogens is 432 g/mol. The summed E-state index contributed by atoms with van der Waals surface area (Å²) in [5.41, 5.74) is 3.84. The number of carbonyl (C=O) groups is 1. The molecule has 0 fully saturated rings. The lowest BCUT2D eigenvalue weighted by atomic mass is 10.1. The van der Waals surface area contributed by atoms with Crippen LogP contribution in [0.4, 0.5) is 11.4 Å². The Hall–Kier alpha value is -2.83. The third kappa shape index (κ3) is 5.46. The fraction of sp³-hybridized carbons (Fsp3) is 0.208. The molecule has 0 radical (unpaired) electrons. The van der Waals surface area contributed by atoms with Gasteiger partial charge >= 0.3 is 0 Å². The monoisotopic (exact) mass is 456 g/mol. The number of anilines is 2. The van der Waals surface area contributed by atoms with Crippen molar-refractivity contribution in [1.82, 2.24) is 0 Å². The predicted octanol–water partition coefficient (Wildman–Crippen LogP) is 5.35. The Kier molecular flexibility index (Phi) is 7.03. The van der Waals surface area contributed by atoms with E-state index in [1.165, 1.54) is 0 Å². The molecule has 0 unspecified atom stereocenters. The van der Waals surface area contributed by atoms with Crippen molar-refractivity contribution >= 4 is 38.9 Å². The van der Waals surface area contributed by atoms with Gasteiger partial charge in [0.15, 0.2) is 0 Å². The predicted molar refractivity (Wildman–Crippen MR) is 126 cm³/mol. The minimum atomic E-state index is -3.94. The van der Waals surface area contributed by atoms with Crippen molar-refractivity contribution in [3.05, 3.63) is 88.4 Å². The van der Waals surface area contributed by atoms with Gasteiger partial charge in [0.05, 0.1) is 10.6 Å². The number of benzene rings is 3. The fourth-order valence-corrected chi connectivity index (χ4v) is 4.79. The van der Waals surface area contributed by atoms with Gasteiger partial charge in [0.2, 0.25) is 5.91 Å². The van der Waals surface area contributed by atoms with Crippen LogP contribution in [-0.4, -0.2) is 20.9 Å². The van der Waals surface area contributed by atoms with Gasteiger partial charge in [-0.25, -0.2) is 8.42 Å². The lowest BCUT2D eigenvalue weighted by Crippen LogP contribution is -2.38. The van der Waals surface area contributed by atoms with Crippen LogP contribution in [0, 0.1) is 13.8 Å². The van der Waals surface area contributed by atoms with Crippen molar-refractivity contribution in [1.29, 1.82) is 0 Å². The topological polar surface area (TPSA) is 66.5 Å². The smallest absolute Gasteiger partial charge is 0.264 e. The summed E-state index contributed by atoms with van der Waals surface area (Å²) in [7, 11) is -3.94. The van der Waals surface area contributed by atoms with Crippen molar-refractivity contribution in [3.8, 4) is 0 Å². The van der Waals surface area contributed by atoms with Crippen LogP contribution in [0.2, 0.25) is 5.02 Å². The molecule has 0 bridgehead atoms. The van der Waals surface area contributed by atoms with Gasteiger partial charge < -0.3 is 5.32 Å². The highest BCUT2D eigenvalue weighted by molar-refractivity contribution is 7.92. The van der Waals surface area contributed by atoms with E-state index < -0.39 is 15.9 Å². The molecule has 3 rings (SSSR count). The minimum absolute atomic E-state index is 0.133. The average molecular weight is 457 g/mol. The maximum absolute atomic E-state index is 13.4. The van der Waals surface area contributed by atoms with E-state index in [1.54, 1.807) is 54.6 Å². The summed E-state index contributed by atoms with van der Waals surface area (Å²) in [5.74, 6) is -0.444. The summed E-state index contributed by atoms with van der Waals surface area (Å²) in [6.07, 6.45) is 0.835. The zero-order valence-electron chi connectivity index (χ0n) is 17.7. The zero-order valence-corrected chi connectivity index (χ0v) is 19.3. The van der Waals surface area contributed by atoms with Gasteiger partial charge in [-0.3, -0.25) is 9.10 Å². The Morgan fingerprint density at radius 2 is 1.61 bits per heavy atom. The Morgan fingerprint density at radius 3 is 2.19 bits per heavy atom. The summed E-state index contributed by atoms with van der Waals surface area (Å²) in [6.45, 7) is 5.38. The molecule has 0 aliphatic carbocycles. The first-order valence-corrected chi connectivity index (χ1v) is 11.8. The molecule has 1 N–H and O–H groups in total. The average Bonchev–Trinajstić information content (AvgIpc) is 2.74. The number of amides is 1.